The summed E-state index contributed by atoms with van der Waals surface area (Å²) in [4.78, 5) is 0. The fraction of sp³-hybridized carbons (Fsp3) is 1.00. The van der Waals surface area contributed by atoms with E-state index in [0.717, 1.165) is 0 Å². The van der Waals surface area contributed by atoms with Gasteiger partial charge in [-0.15, -0.1) is 0 Å². The highest BCUT2D eigenvalue weighted by Crippen LogP contribution is 2.20. The molecule has 5 nitrogen and oxygen atoms in total. The molecule has 0 aromatic carbocycles. The minimum atomic E-state index is -1.18. The number of aliphatic hydroxyl groups is 3. The summed E-state index contributed by atoms with van der Waals surface area (Å²) < 4.78 is 9.64. The number of rotatable bonds is 1. The Bertz CT molecular complexity index is 151. The highest BCUT2D eigenvalue weighted by molar-refractivity contribution is 4.87. The molecular weight excluding hydrogens is 164 g/mol. The Hall–Kier alpha value is -0.200. The molecule has 0 aromatic rings. The van der Waals surface area contributed by atoms with Gasteiger partial charge in [-0.2, -0.15) is 0 Å². The molecule has 1 aliphatic heterocycles. The van der Waals surface area contributed by atoms with Gasteiger partial charge in [-0.3, -0.25) is 0 Å². The van der Waals surface area contributed by atoms with Gasteiger partial charge < -0.3 is 24.8 Å². The molecule has 0 aliphatic carbocycles. The first-order valence-corrected chi connectivity index (χ1v) is 3.80. The van der Waals surface area contributed by atoms with Gasteiger partial charge in [0.2, 0.25) is 0 Å². The van der Waals surface area contributed by atoms with E-state index < -0.39 is 30.7 Å². The van der Waals surface area contributed by atoms with Crippen molar-refractivity contribution in [1.82, 2.24) is 0 Å². The van der Waals surface area contributed by atoms with Crippen LogP contribution in [0.5, 0.6) is 0 Å². The maximum atomic E-state index is 9.36. The zero-order valence-corrected chi connectivity index (χ0v) is 7.04. The molecule has 1 heterocycles. The van der Waals surface area contributed by atoms with Gasteiger partial charge in [-0.1, -0.05) is 0 Å². The number of hydrogen-bond acceptors (Lipinski definition) is 5. The Balaban J connectivity index is 2.65. The topological polar surface area (TPSA) is 79.2 Å². The van der Waals surface area contributed by atoms with E-state index in [1.165, 1.54) is 7.11 Å². The van der Waals surface area contributed by atoms with Gasteiger partial charge in [-0.25, -0.2) is 0 Å². The number of hydrogen-bond donors (Lipinski definition) is 3. The van der Waals surface area contributed by atoms with Crippen LogP contribution < -0.4 is 0 Å². The van der Waals surface area contributed by atoms with Crippen LogP contribution in [0.15, 0.2) is 0 Å². The maximum absolute atomic E-state index is 9.36. The van der Waals surface area contributed by atoms with Crippen molar-refractivity contribution in [2.75, 3.05) is 7.11 Å². The summed E-state index contributed by atoms with van der Waals surface area (Å²) in [5.41, 5.74) is 0. The predicted octanol–water partition coefficient (Wildman–Crippen LogP) is -1.54. The van der Waals surface area contributed by atoms with Crippen molar-refractivity contribution < 1.29 is 24.8 Å². The van der Waals surface area contributed by atoms with Gasteiger partial charge >= 0.3 is 0 Å². The Morgan fingerprint density at radius 3 is 2.25 bits per heavy atom. The Kier molecular flexibility index (Phi) is 3.03. The second-order valence-electron chi connectivity index (χ2n) is 2.91. The lowest BCUT2D eigenvalue weighted by molar-refractivity contribution is -0.283. The highest BCUT2D eigenvalue weighted by Gasteiger charge is 2.41. The Morgan fingerprint density at radius 1 is 1.17 bits per heavy atom. The molecule has 3 N–H and O–H groups in total. The second kappa shape index (κ2) is 3.68. The summed E-state index contributed by atoms with van der Waals surface area (Å²) in [5, 5.41) is 27.9. The first-order chi connectivity index (χ1) is 5.57. The third kappa shape index (κ3) is 1.60. The summed E-state index contributed by atoms with van der Waals surface area (Å²) in [6.07, 6.45) is -4.76. The minimum absolute atomic E-state index is 0.582. The molecular formula is C7H14O5. The van der Waals surface area contributed by atoms with Crippen molar-refractivity contribution in [1.29, 1.82) is 0 Å². The minimum Gasteiger partial charge on any atom is -0.388 e. The molecule has 1 rings (SSSR count). The average Bonchev–Trinajstić information content (AvgIpc) is 2.01. The SMILES string of the molecule is CO[C@H]1C(O)O[C@@H](C)[C@H](O)[C@H]1O. The summed E-state index contributed by atoms with van der Waals surface area (Å²) in [7, 11) is 1.34. The smallest absolute Gasteiger partial charge is 0.184 e. The van der Waals surface area contributed by atoms with Crippen LogP contribution in [0.3, 0.4) is 0 Å². The first-order valence-electron chi connectivity index (χ1n) is 3.80. The average molecular weight is 178 g/mol. The fourth-order valence-electron chi connectivity index (χ4n) is 1.27. The molecule has 0 saturated carbocycles. The van der Waals surface area contributed by atoms with Crippen LogP contribution >= 0.6 is 0 Å². The van der Waals surface area contributed by atoms with Crippen molar-refractivity contribution in [2.45, 2.75) is 37.6 Å². The first kappa shape index (κ1) is 9.88. The summed E-state index contributed by atoms with van der Waals surface area (Å²) in [6.45, 7) is 1.57. The van der Waals surface area contributed by atoms with Crippen molar-refractivity contribution in [2.24, 2.45) is 0 Å². The van der Waals surface area contributed by atoms with Gasteiger partial charge in [-0.05, 0) is 6.92 Å². The zero-order chi connectivity index (χ0) is 9.30. The Morgan fingerprint density at radius 2 is 1.75 bits per heavy atom. The van der Waals surface area contributed by atoms with E-state index in [-0.39, 0.29) is 0 Å². The lowest BCUT2D eigenvalue weighted by atomic mass is 10.00. The van der Waals surface area contributed by atoms with Crippen LogP contribution in [0, 0.1) is 0 Å². The maximum Gasteiger partial charge on any atom is 0.184 e. The molecule has 1 fully saturated rings. The second-order valence-corrected chi connectivity index (χ2v) is 2.91. The third-order valence-corrected chi connectivity index (χ3v) is 2.07. The van der Waals surface area contributed by atoms with Crippen molar-refractivity contribution in [3.05, 3.63) is 0 Å². The molecule has 0 aromatic heterocycles. The molecule has 0 radical (unpaired) electrons. The molecule has 5 heteroatoms. The quantitative estimate of drug-likeness (QED) is 0.453. The molecule has 0 bridgehead atoms. The lowest BCUT2D eigenvalue weighted by Gasteiger charge is -2.38. The molecule has 0 spiro atoms. The summed E-state index contributed by atoms with van der Waals surface area (Å²) >= 11 is 0. The van der Waals surface area contributed by atoms with Crippen molar-refractivity contribution >= 4 is 0 Å². The molecule has 72 valence electrons. The third-order valence-electron chi connectivity index (χ3n) is 2.07. The molecule has 1 aliphatic rings. The summed E-state index contributed by atoms with van der Waals surface area (Å²) in [5.74, 6) is 0. The van der Waals surface area contributed by atoms with Gasteiger partial charge in [0.05, 0.1) is 6.10 Å². The van der Waals surface area contributed by atoms with E-state index in [0.29, 0.717) is 0 Å². The van der Waals surface area contributed by atoms with E-state index in [1.807, 2.05) is 0 Å². The fourth-order valence-corrected chi connectivity index (χ4v) is 1.27. The molecule has 5 atom stereocenters. The van der Waals surface area contributed by atoms with Crippen LogP contribution in [-0.2, 0) is 9.47 Å². The highest BCUT2D eigenvalue weighted by atomic mass is 16.7. The van der Waals surface area contributed by atoms with Crippen molar-refractivity contribution in [3.8, 4) is 0 Å². The Labute approximate surface area is 70.5 Å². The normalized spacial score (nSPS) is 49.2. The van der Waals surface area contributed by atoms with E-state index in [4.69, 9.17) is 9.47 Å². The van der Waals surface area contributed by atoms with Gasteiger partial charge in [0, 0.05) is 7.11 Å². The molecule has 1 unspecified atom stereocenters. The van der Waals surface area contributed by atoms with E-state index >= 15 is 0 Å². The lowest BCUT2D eigenvalue weighted by Crippen LogP contribution is -2.57. The van der Waals surface area contributed by atoms with Gasteiger partial charge in [0.1, 0.15) is 18.3 Å². The number of ether oxygens (including phenoxy) is 2. The van der Waals surface area contributed by atoms with Crippen LogP contribution in [0.25, 0.3) is 0 Å². The summed E-state index contributed by atoms with van der Waals surface area (Å²) in [6, 6.07) is 0. The largest absolute Gasteiger partial charge is 0.388 e. The van der Waals surface area contributed by atoms with Crippen LogP contribution in [0.4, 0.5) is 0 Å². The number of methoxy groups -OCH3 is 1. The molecule has 0 amide bonds. The van der Waals surface area contributed by atoms with Crippen LogP contribution in [-0.4, -0.2) is 53.1 Å². The number of aliphatic hydroxyl groups excluding tert-OH is 3. The zero-order valence-electron chi connectivity index (χ0n) is 7.04. The molecule has 12 heavy (non-hydrogen) atoms. The predicted molar refractivity (Wildman–Crippen MR) is 39.4 cm³/mol. The molecule has 1 saturated heterocycles. The standard InChI is InChI=1S/C7H14O5/c1-3-4(8)5(9)6(11-2)7(10)12-3/h3-10H,1-2H3/t3-,4-,5+,6+,7?/m0/s1. The monoisotopic (exact) mass is 178 g/mol. The van der Waals surface area contributed by atoms with E-state index in [9.17, 15) is 15.3 Å². The van der Waals surface area contributed by atoms with Gasteiger partial charge in [0.15, 0.2) is 6.29 Å². The van der Waals surface area contributed by atoms with Crippen LogP contribution in [0.1, 0.15) is 6.92 Å². The van der Waals surface area contributed by atoms with Crippen molar-refractivity contribution in [3.63, 3.8) is 0 Å². The van der Waals surface area contributed by atoms with E-state index in [1.54, 1.807) is 6.92 Å². The van der Waals surface area contributed by atoms with Crippen LogP contribution in [0.2, 0.25) is 0 Å². The van der Waals surface area contributed by atoms with E-state index in [2.05, 4.69) is 0 Å². The van der Waals surface area contributed by atoms with Gasteiger partial charge in [0.25, 0.3) is 0 Å².